The Morgan fingerprint density at radius 1 is 1.17 bits per heavy atom. The van der Waals surface area contributed by atoms with Crippen LogP contribution < -0.4 is 10.6 Å². The highest BCUT2D eigenvalue weighted by molar-refractivity contribution is 5.80. The zero-order valence-corrected chi connectivity index (χ0v) is 15.7. The topological polar surface area (TPSA) is 39.7 Å². The number of nitrogens with zero attached hydrogens (tertiary/aromatic N) is 2. The first-order chi connectivity index (χ1) is 11.0. The highest BCUT2D eigenvalue weighted by atomic mass is 15.2. The zero-order valence-electron chi connectivity index (χ0n) is 15.7. The van der Waals surface area contributed by atoms with Gasteiger partial charge in [-0.15, -0.1) is 0 Å². The fourth-order valence-corrected chi connectivity index (χ4v) is 2.12. The number of hydrogen-bond donors (Lipinski definition) is 2. The molecule has 23 heavy (non-hydrogen) atoms. The molecular formula is C19H34N4. The summed E-state index contributed by atoms with van der Waals surface area (Å²) in [7, 11) is 2.14. The summed E-state index contributed by atoms with van der Waals surface area (Å²) in [5.74, 6) is 1.47. The van der Waals surface area contributed by atoms with Crippen molar-refractivity contribution in [1.29, 1.82) is 0 Å². The van der Waals surface area contributed by atoms with Crippen molar-refractivity contribution in [2.75, 3.05) is 20.1 Å². The van der Waals surface area contributed by atoms with E-state index in [2.05, 4.69) is 81.5 Å². The quantitative estimate of drug-likeness (QED) is 0.571. The molecule has 4 heteroatoms. The van der Waals surface area contributed by atoms with Crippen molar-refractivity contribution in [2.24, 2.45) is 10.9 Å². The van der Waals surface area contributed by atoms with Crippen molar-refractivity contribution in [3.05, 3.63) is 35.4 Å². The smallest absolute Gasteiger partial charge is 0.191 e. The molecule has 0 saturated carbocycles. The lowest BCUT2D eigenvalue weighted by Gasteiger charge is -2.20. The molecule has 1 aromatic carbocycles. The van der Waals surface area contributed by atoms with Gasteiger partial charge in [-0.25, -0.2) is 4.99 Å². The van der Waals surface area contributed by atoms with E-state index in [1.165, 1.54) is 11.1 Å². The van der Waals surface area contributed by atoms with Crippen molar-refractivity contribution < 1.29 is 0 Å². The van der Waals surface area contributed by atoms with Crippen LogP contribution in [0.2, 0.25) is 0 Å². The van der Waals surface area contributed by atoms with E-state index >= 15 is 0 Å². The summed E-state index contributed by atoms with van der Waals surface area (Å²) in [6.07, 6.45) is 0. The highest BCUT2D eigenvalue weighted by Gasteiger charge is 2.08. The Hall–Kier alpha value is -1.55. The van der Waals surface area contributed by atoms with Crippen molar-refractivity contribution in [2.45, 2.75) is 53.8 Å². The van der Waals surface area contributed by atoms with Gasteiger partial charge in [0.25, 0.3) is 0 Å². The van der Waals surface area contributed by atoms with E-state index < -0.39 is 0 Å². The maximum Gasteiger partial charge on any atom is 0.191 e. The first kappa shape index (κ1) is 19.5. The predicted molar refractivity (Wildman–Crippen MR) is 101 cm³/mol. The largest absolute Gasteiger partial charge is 0.357 e. The van der Waals surface area contributed by atoms with Gasteiger partial charge >= 0.3 is 0 Å². The van der Waals surface area contributed by atoms with Crippen LogP contribution in [0.15, 0.2) is 29.3 Å². The molecular weight excluding hydrogens is 284 g/mol. The summed E-state index contributed by atoms with van der Waals surface area (Å²) in [6, 6.07) is 9.11. The van der Waals surface area contributed by atoms with Crippen molar-refractivity contribution in [1.82, 2.24) is 15.5 Å². The number of aliphatic imine (C=N–C) groups is 1. The number of hydrogen-bond acceptors (Lipinski definition) is 2. The molecule has 130 valence electrons. The lowest BCUT2D eigenvalue weighted by Crippen LogP contribution is -2.44. The summed E-state index contributed by atoms with van der Waals surface area (Å²) in [4.78, 5) is 7.03. The number of benzene rings is 1. The van der Waals surface area contributed by atoms with Gasteiger partial charge in [-0.3, -0.25) is 0 Å². The lowest BCUT2D eigenvalue weighted by atomic mass is 10.1. The minimum absolute atomic E-state index is 0.400. The van der Waals surface area contributed by atoms with Crippen LogP contribution in [-0.4, -0.2) is 37.0 Å². The van der Waals surface area contributed by atoms with Crippen molar-refractivity contribution in [3.63, 3.8) is 0 Å². The van der Waals surface area contributed by atoms with Crippen LogP contribution in [0.3, 0.4) is 0 Å². The molecule has 4 nitrogen and oxygen atoms in total. The van der Waals surface area contributed by atoms with Crippen LogP contribution in [0.25, 0.3) is 0 Å². The van der Waals surface area contributed by atoms with Crippen LogP contribution in [0.4, 0.5) is 0 Å². The van der Waals surface area contributed by atoms with E-state index in [9.17, 15) is 0 Å². The average molecular weight is 319 g/mol. The van der Waals surface area contributed by atoms with E-state index in [-0.39, 0.29) is 0 Å². The summed E-state index contributed by atoms with van der Waals surface area (Å²) >= 11 is 0. The summed E-state index contributed by atoms with van der Waals surface area (Å²) < 4.78 is 0. The van der Waals surface area contributed by atoms with Gasteiger partial charge in [0.05, 0.1) is 6.54 Å². The molecule has 0 fully saturated rings. The third-order valence-electron chi connectivity index (χ3n) is 4.11. The van der Waals surface area contributed by atoms with Gasteiger partial charge in [0, 0.05) is 19.1 Å². The monoisotopic (exact) mass is 318 g/mol. The molecule has 0 aromatic heterocycles. The third-order valence-corrected chi connectivity index (χ3v) is 4.11. The maximum atomic E-state index is 4.73. The highest BCUT2D eigenvalue weighted by Crippen LogP contribution is 2.09. The van der Waals surface area contributed by atoms with Gasteiger partial charge < -0.3 is 15.5 Å². The lowest BCUT2D eigenvalue weighted by molar-refractivity contribution is 0.345. The minimum atomic E-state index is 0.400. The van der Waals surface area contributed by atoms with Gasteiger partial charge in [0.15, 0.2) is 5.96 Å². The van der Waals surface area contributed by atoms with E-state index in [0.717, 1.165) is 25.6 Å². The van der Waals surface area contributed by atoms with E-state index in [0.29, 0.717) is 18.5 Å². The normalized spacial score (nSPS) is 13.5. The Bertz CT molecular complexity index is 482. The standard InChI is InChI=1S/C19H34N4/c1-7-20-19(22-16(5)15(3)4)21-13-17-10-9-11-18(12-17)14-23(6)8-2/h9-12,15-16H,7-8,13-14H2,1-6H3,(H2,20,21,22). The van der Waals surface area contributed by atoms with Crippen molar-refractivity contribution in [3.8, 4) is 0 Å². The zero-order chi connectivity index (χ0) is 17.2. The van der Waals surface area contributed by atoms with Gasteiger partial charge in [-0.05, 0) is 44.5 Å². The second-order valence-electron chi connectivity index (χ2n) is 6.52. The number of nitrogens with one attached hydrogen (secondary N) is 2. The number of guanidine groups is 1. The van der Waals surface area contributed by atoms with Crippen LogP contribution in [0.1, 0.15) is 45.7 Å². The molecule has 0 spiro atoms. The molecule has 1 rings (SSSR count). The first-order valence-corrected chi connectivity index (χ1v) is 8.77. The van der Waals surface area contributed by atoms with Crippen LogP contribution >= 0.6 is 0 Å². The molecule has 2 N–H and O–H groups in total. The van der Waals surface area contributed by atoms with Gasteiger partial charge in [-0.2, -0.15) is 0 Å². The van der Waals surface area contributed by atoms with Gasteiger partial charge in [0.2, 0.25) is 0 Å². The Morgan fingerprint density at radius 3 is 2.48 bits per heavy atom. The molecule has 0 aliphatic rings. The van der Waals surface area contributed by atoms with Crippen LogP contribution in [-0.2, 0) is 13.1 Å². The van der Waals surface area contributed by atoms with E-state index in [1.807, 2.05) is 0 Å². The Kier molecular flexibility index (Phi) is 8.70. The molecule has 0 bridgehead atoms. The number of rotatable bonds is 8. The molecule has 0 radical (unpaired) electrons. The van der Waals surface area contributed by atoms with Crippen LogP contribution in [0.5, 0.6) is 0 Å². The van der Waals surface area contributed by atoms with Gasteiger partial charge in [0.1, 0.15) is 0 Å². The van der Waals surface area contributed by atoms with E-state index in [1.54, 1.807) is 0 Å². The molecule has 0 amide bonds. The van der Waals surface area contributed by atoms with Crippen LogP contribution in [0, 0.1) is 5.92 Å². The fraction of sp³-hybridized carbons (Fsp3) is 0.632. The third kappa shape index (κ3) is 7.51. The molecule has 1 unspecified atom stereocenters. The minimum Gasteiger partial charge on any atom is -0.357 e. The SMILES string of the molecule is CCNC(=NCc1cccc(CN(C)CC)c1)NC(C)C(C)C. The molecule has 0 saturated heterocycles. The molecule has 0 heterocycles. The molecule has 1 aromatic rings. The summed E-state index contributed by atoms with van der Waals surface area (Å²) in [6.45, 7) is 14.5. The predicted octanol–water partition coefficient (Wildman–Crippen LogP) is 3.24. The Morgan fingerprint density at radius 2 is 1.87 bits per heavy atom. The maximum absolute atomic E-state index is 4.73. The molecule has 1 atom stereocenters. The average Bonchev–Trinajstić information content (AvgIpc) is 2.52. The second-order valence-corrected chi connectivity index (χ2v) is 6.52. The van der Waals surface area contributed by atoms with Crippen molar-refractivity contribution >= 4 is 5.96 Å². The second kappa shape index (κ2) is 10.3. The summed E-state index contributed by atoms with van der Waals surface area (Å²) in [5, 5.41) is 6.80. The Balaban J connectivity index is 2.73. The summed E-state index contributed by atoms with van der Waals surface area (Å²) in [5.41, 5.74) is 2.59. The fourth-order valence-electron chi connectivity index (χ4n) is 2.12. The van der Waals surface area contributed by atoms with E-state index in [4.69, 9.17) is 4.99 Å². The molecule has 0 aliphatic heterocycles. The Labute approximate surface area is 142 Å². The first-order valence-electron chi connectivity index (χ1n) is 8.77. The van der Waals surface area contributed by atoms with Gasteiger partial charge in [-0.1, -0.05) is 45.0 Å². The molecule has 0 aliphatic carbocycles.